The highest BCUT2D eigenvalue weighted by atomic mass is 19.1. The van der Waals surface area contributed by atoms with Crippen molar-refractivity contribution in [1.82, 2.24) is 9.55 Å². The lowest BCUT2D eigenvalue weighted by Gasteiger charge is -2.19. The molecule has 0 amide bonds. The van der Waals surface area contributed by atoms with E-state index >= 15 is 0 Å². The van der Waals surface area contributed by atoms with Gasteiger partial charge in [0.2, 0.25) is 5.95 Å². The van der Waals surface area contributed by atoms with Gasteiger partial charge in [-0.1, -0.05) is 0 Å². The van der Waals surface area contributed by atoms with Gasteiger partial charge in [0.25, 0.3) is 6.08 Å². The third-order valence-corrected chi connectivity index (χ3v) is 1.36. The van der Waals surface area contributed by atoms with Crippen molar-refractivity contribution < 1.29 is 8.78 Å². The maximum absolute atomic E-state index is 12.7. The molecule has 1 heterocycles. The smallest absolute Gasteiger partial charge is 0.292 e. The van der Waals surface area contributed by atoms with Gasteiger partial charge in [-0.3, -0.25) is 4.57 Å². The predicted octanol–water partition coefficient (Wildman–Crippen LogP) is 1.92. The van der Waals surface area contributed by atoms with Crippen molar-refractivity contribution in [3.63, 3.8) is 0 Å². The van der Waals surface area contributed by atoms with Crippen LogP contribution in [0.3, 0.4) is 0 Å². The molecule has 1 aromatic heterocycles. The second-order valence-electron chi connectivity index (χ2n) is 3.37. The Morgan fingerprint density at radius 3 is 2.09 bits per heavy atom. The molecule has 0 fully saturated rings. The number of nitrogens with zero attached hydrogens (tertiary/aromatic N) is 2. The van der Waals surface area contributed by atoms with Crippen LogP contribution in [0.5, 0.6) is 0 Å². The second kappa shape index (κ2) is 2.29. The number of hydrogen-bond donors (Lipinski definition) is 0. The van der Waals surface area contributed by atoms with E-state index in [1.807, 2.05) is 0 Å². The monoisotopic (exact) mass is 160 g/mol. The molecule has 0 saturated heterocycles. The fraction of sp³-hybridized carbons (Fsp3) is 0.571. The molecule has 0 bridgehead atoms. The average Bonchev–Trinajstić information content (AvgIpc) is 2.08. The zero-order chi connectivity index (χ0) is 8.65. The molecule has 2 nitrogen and oxygen atoms in total. The number of hydrogen-bond acceptors (Lipinski definition) is 1. The summed E-state index contributed by atoms with van der Waals surface area (Å²) in [4.78, 5) is 3.01. The third-order valence-electron chi connectivity index (χ3n) is 1.36. The minimum Gasteiger partial charge on any atom is -0.299 e. The summed E-state index contributed by atoms with van der Waals surface area (Å²) in [5.41, 5.74) is -0.457. The van der Waals surface area contributed by atoms with Crippen LogP contribution in [-0.4, -0.2) is 9.55 Å². The molecule has 0 N–H and O–H groups in total. The summed E-state index contributed by atoms with van der Waals surface area (Å²) in [7, 11) is 0. The van der Waals surface area contributed by atoms with Crippen LogP contribution in [0.25, 0.3) is 0 Å². The van der Waals surface area contributed by atoms with Crippen molar-refractivity contribution in [2.24, 2.45) is 0 Å². The second-order valence-corrected chi connectivity index (χ2v) is 3.37. The van der Waals surface area contributed by atoms with E-state index in [1.54, 1.807) is 20.8 Å². The maximum atomic E-state index is 12.7. The molecule has 62 valence electrons. The standard InChI is InChI=1S/C7H10F2N2/c1-7(2,3)11-4-5(8)10-6(11)9/h4H,1-3H3. The lowest BCUT2D eigenvalue weighted by molar-refractivity contribution is 0.326. The number of halogens is 2. The van der Waals surface area contributed by atoms with Crippen LogP contribution in [0.4, 0.5) is 8.78 Å². The first kappa shape index (κ1) is 8.17. The van der Waals surface area contributed by atoms with Crippen LogP contribution < -0.4 is 0 Å². The van der Waals surface area contributed by atoms with Crippen LogP contribution >= 0.6 is 0 Å². The Bertz CT molecular complexity index is 260. The molecule has 0 radical (unpaired) electrons. The predicted molar refractivity (Wildman–Crippen MR) is 37.1 cm³/mol. The molecule has 0 saturated carbocycles. The fourth-order valence-corrected chi connectivity index (χ4v) is 0.801. The highest BCUT2D eigenvalue weighted by molar-refractivity contribution is 4.88. The van der Waals surface area contributed by atoms with Gasteiger partial charge in [-0.05, 0) is 20.8 Å². The highest BCUT2D eigenvalue weighted by Crippen LogP contribution is 2.15. The summed E-state index contributed by atoms with van der Waals surface area (Å²) in [5, 5.41) is 0. The number of aromatic nitrogens is 2. The van der Waals surface area contributed by atoms with E-state index in [0.29, 0.717) is 0 Å². The Balaban J connectivity index is 3.13. The van der Waals surface area contributed by atoms with E-state index in [-0.39, 0.29) is 0 Å². The molecule has 11 heavy (non-hydrogen) atoms. The molecule has 0 atom stereocenters. The van der Waals surface area contributed by atoms with Crippen molar-refractivity contribution in [1.29, 1.82) is 0 Å². The summed E-state index contributed by atoms with van der Waals surface area (Å²) in [6.45, 7) is 5.32. The third kappa shape index (κ3) is 1.56. The van der Waals surface area contributed by atoms with Gasteiger partial charge in [0.05, 0.1) is 6.20 Å². The Morgan fingerprint density at radius 2 is 1.91 bits per heavy atom. The van der Waals surface area contributed by atoms with Gasteiger partial charge in [-0.2, -0.15) is 13.8 Å². The maximum Gasteiger partial charge on any atom is 0.292 e. The summed E-state index contributed by atoms with van der Waals surface area (Å²) in [6, 6.07) is 0. The molecule has 1 aromatic rings. The molecule has 0 aliphatic carbocycles. The summed E-state index contributed by atoms with van der Waals surface area (Å²) in [6.07, 6.45) is 0.269. The largest absolute Gasteiger partial charge is 0.299 e. The topological polar surface area (TPSA) is 17.8 Å². The zero-order valence-corrected chi connectivity index (χ0v) is 6.73. The van der Waals surface area contributed by atoms with Gasteiger partial charge in [0.1, 0.15) is 0 Å². The number of imidazole rings is 1. The van der Waals surface area contributed by atoms with E-state index in [1.165, 1.54) is 0 Å². The van der Waals surface area contributed by atoms with Crippen LogP contribution in [0, 0.1) is 12.0 Å². The molecule has 0 aliphatic heterocycles. The van der Waals surface area contributed by atoms with Gasteiger partial charge in [-0.25, -0.2) is 0 Å². The van der Waals surface area contributed by atoms with Gasteiger partial charge in [0.15, 0.2) is 0 Å². The molecule has 4 heteroatoms. The highest BCUT2D eigenvalue weighted by Gasteiger charge is 2.18. The lowest BCUT2D eigenvalue weighted by atomic mass is 10.1. The first-order valence-electron chi connectivity index (χ1n) is 3.32. The van der Waals surface area contributed by atoms with Gasteiger partial charge in [-0.15, -0.1) is 0 Å². The van der Waals surface area contributed by atoms with Gasteiger partial charge >= 0.3 is 0 Å². The van der Waals surface area contributed by atoms with E-state index in [2.05, 4.69) is 4.98 Å². The van der Waals surface area contributed by atoms with E-state index in [4.69, 9.17) is 0 Å². The minimum atomic E-state index is -0.782. The van der Waals surface area contributed by atoms with Crippen LogP contribution in [0.1, 0.15) is 20.8 Å². The van der Waals surface area contributed by atoms with Crippen LogP contribution in [-0.2, 0) is 5.54 Å². The van der Waals surface area contributed by atoms with Crippen molar-refractivity contribution in [2.45, 2.75) is 26.3 Å². The van der Waals surface area contributed by atoms with E-state index < -0.39 is 17.6 Å². The van der Waals surface area contributed by atoms with Crippen LogP contribution in [0.2, 0.25) is 0 Å². The normalized spacial score (nSPS) is 12.1. The minimum absolute atomic E-state index is 0.457. The van der Waals surface area contributed by atoms with Gasteiger partial charge in [0, 0.05) is 5.54 Å². The molecule has 0 aromatic carbocycles. The van der Waals surface area contributed by atoms with Crippen molar-refractivity contribution in [3.05, 3.63) is 18.2 Å². The molecule has 0 spiro atoms. The quantitative estimate of drug-likeness (QED) is 0.567. The van der Waals surface area contributed by atoms with E-state index in [9.17, 15) is 8.78 Å². The molecule has 1 rings (SSSR count). The molecule has 0 unspecified atom stereocenters. The average molecular weight is 160 g/mol. The number of rotatable bonds is 0. The summed E-state index contributed by atoms with van der Waals surface area (Å²) >= 11 is 0. The lowest BCUT2D eigenvalue weighted by Crippen LogP contribution is -2.22. The van der Waals surface area contributed by atoms with Crippen LogP contribution in [0.15, 0.2) is 6.20 Å². The summed E-state index contributed by atoms with van der Waals surface area (Å²) in [5.74, 6) is -0.780. The van der Waals surface area contributed by atoms with Crippen molar-refractivity contribution >= 4 is 0 Å². The Labute approximate surface area is 63.9 Å². The SMILES string of the molecule is CC(C)(C)n1cc(F)nc1F. The Hall–Kier alpha value is -0.930. The Kier molecular flexibility index (Phi) is 1.70. The van der Waals surface area contributed by atoms with E-state index in [0.717, 1.165) is 10.8 Å². The first-order valence-corrected chi connectivity index (χ1v) is 3.32. The zero-order valence-electron chi connectivity index (χ0n) is 6.73. The molecular weight excluding hydrogens is 150 g/mol. The van der Waals surface area contributed by atoms with Gasteiger partial charge < -0.3 is 0 Å². The molecule has 0 aliphatic rings. The Morgan fingerprint density at radius 1 is 1.36 bits per heavy atom. The van der Waals surface area contributed by atoms with Crippen molar-refractivity contribution in [2.75, 3.05) is 0 Å². The first-order chi connectivity index (χ1) is 4.91. The summed E-state index contributed by atoms with van der Waals surface area (Å²) < 4.78 is 26.2. The fourth-order valence-electron chi connectivity index (χ4n) is 0.801. The van der Waals surface area contributed by atoms with Crippen molar-refractivity contribution in [3.8, 4) is 0 Å². The molecular formula is C7H10F2N2.